The Morgan fingerprint density at radius 3 is 2.74 bits per heavy atom. The van der Waals surface area contributed by atoms with Crippen LogP contribution in [0.3, 0.4) is 0 Å². The van der Waals surface area contributed by atoms with Gasteiger partial charge in [0.25, 0.3) is 0 Å². The second kappa shape index (κ2) is 4.22. The number of nitrogens with zero attached hydrogens (tertiary/aromatic N) is 2. The molecule has 2 atom stereocenters. The summed E-state index contributed by atoms with van der Waals surface area (Å²) in [6.07, 6.45) is 5.90. The van der Waals surface area contributed by atoms with Crippen LogP contribution in [0.25, 0.3) is 11.0 Å². The third kappa shape index (κ3) is 1.96. The molecule has 1 aromatic heterocycles. The molecule has 0 aliphatic heterocycles. The molecule has 2 saturated carbocycles. The SMILES string of the molecule is N[C@H]1CC[C@@H](c2nc3ccc(Cl)cc3n2C2CC2)C1. The van der Waals surface area contributed by atoms with Crippen molar-refractivity contribution in [3.63, 3.8) is 0 Å². The molecular formula is C15H18ClN3. The van der Waals surface area contributed by atoms with E-state index in [9.17, 15) is 0 Å². The zero-order chi connectivity index (χ0) is 13.0. The average molecular weight is 276 g/mol. The quantitative estimate of drug-likeness (QED) is 0.910. The highest BCUT2D eigenvalue weighted by atomic mass is 35.5. The van der Waals surface area contributed by atoms with Gasteiger partial charge in [-0.05, 0) is 50.3 Å². The summed E-state index contributed by atoms with van der Waals surface area (Å²) in [5.41, 5.74) is 8.34. The number of rotatable bonds is 2. The molecule has 4 rings (SSSR count). The van der Waals surface area contributed by atoms with Crippen molar-refractivity contribution in [2.75, 3.05) is 0 Å². The standard InChI is InChI=1S/C15H18ClN3/c16-10-2-6-13-14(8-10)19(12-4-5-12)15(18-13)9-1-3-11(17)7-9/h2,6,8-9,11-12H,1,3-5,7,17H2/t9-,11+/m1/s1. The number of aromatic nitrogens is 2. The summed E-state index contributed by atoms with van der Waals surface area (Å²) in [4.78, 5) is 4.88. The second-order valence-corrected chi connectivity index (χ2v) is 6.41. The zero-order valence-electron chi connectivity index (χ0n) is 10.8. The zero-order valence-corrected chi connectivity index (χ0v) is 11.6. The van der Waals surface area contributed by atoms with Crippen LogP contribution in [0, 0.1) is 0 Å². The molecule has 2 aliphatic carbocycles. The Hall–Kier alpha value is -1.06. The van der Waals surface area contributed by atoms with E-state index in [1.165, 1.54) is 30.6 Å². The maximum absolute atomic E-state index is 6.15. The first-order chi connectivity index (χ1) is 9.22. The smallest absolute Gasteiger partial charge is 0.113 e. The number of benzene rings is 1. The van der Waals surface area contributed by atoms with Crippen molar-refractivity contribution >= 4 is 22.6 Å². The molecule has 100 valence electrons. The summed E-state index contributed by atoms with van der Waals surface area (Å²) in [6, 6.07) is 7.00. The largest absolute Gasteiger partial charge is 0.328 e. The Morgan fingerprint density at radius 2 is 2.05 bits per heavy atom. The maximum atomic E-state index is 6.15. The van der Waals surface area contributed by atoms with Gasteiger partial charge in [-0.3, -0.25) is 0 Å². The summed E-state index contributed by atoms with van der Waals surface area (Å²) < 4.78 is 2.43. The number of nitrogens with two attached hydrogens (primary N) is 1. The topological polar surface area (TPSA) is 43.8 Å². The van der Waals surface area contributed by atoms with Gasteiger partial charge in [0.2, 0.25) is 0 Å². The van der Waals surface area contributed by atoms with Crippen LogP contribution in [0.4, 0.5) is 0 Å². The molecule has 4 heteroatoms. The molecule has 2 fully saturated rings. The lowest BCUT2D eigenvalue weighted by atomic mass is 10.1. The lowest BCUT2D eigenvalue weighted by Crippen LogP contribution is -2.15. The van der Waals surface area contributed by atoms with Crippen molar-refractivity contribution < 1.29 is 0 Å². The lowest BCUT2D eigenvalue weighted by molar-refractivity contribution is 0.591. The van der Waals surface area contributed by atoms with Gasteiger partial charge in [0.15, 0.2) is 0 Å². The predicted octanol–water partition coefficient (Wildman–Crippen LogP) is 3.62. The molecule has 0 amide bonds. The van der Waals surface area contributed by atoms with Crippen LogP contribution in [0.2, 0.25) is 5.02 Å². The Bertz CT molecular complexity index is 630. The minimum atomic E-state index is 0.348. The van der Waals surface area contributed by atoms with Crippen LogP contribution in [-0.2, 0) is 0 Å². The van der Waals surface area contributed by atoms with Gasteiger partial charge in [0.05, 0.1) is 11.0 Å². The van der Waals surface area contributed by atoms with Gasteiger partial charge >= 0.3 is 0 Å². The number of halogens is 1. The Labute approximate surface area is 117 Å². The Kier molecular flexibility index (Phi) is 2.61. The fourth-order valence-corrected chi connectivity index (χ4v) is 3.51. The number of fused-ring (bicyclic) bond motifs is 1. The molecule has 0 unspecified atom stereocenters. The van der Waals surface area contributed by atoms with E-state index >= 15 is 0 Å². The van der Waals surface area contributed by atoms with E-state index in [1.807, 2.05) is 12.1 Å². The van der Waals surface area contributed by atoms with Crippen molar-refractivity contribution in [2.24, 2.45) is 5.73 Å². The predicted molar refractivity (Wildman–Crippen MR) is 77.6 cm³/mol. The van der Waals surface area contributed by atoms with E-state index in [1.54, 1.807) is 0 Å². The minimum Gasteiger partial charge on any atom is -0.328 e. The number of hydrogen-bond donors (Lipinski definition) is 1. The first-order valence-corrected chi connectivity index (χ1v) is 7.53. The highest BCUT2D eigenvalue weighted by Crippen LogP contribution is 2.43. The summed E-state index contributed by atoms with van der Waals surface area (Å²) in [5.74, 6) is 1.77. The van der Waals surface area contributed by atoms with E-state index in [0.717, 1.165) is 23.4 Å². The molecule has 2 aromatic rings. The van der Waals surface area contributed by atoms with Crippen LogP contribution < -0.4 is 5.73 Å². The van der Waals surface area contributed by atoms with Crippen LogP contribution in [0.1, 0.15) is 49.9 Å². The average Bonchev–Trinajstić information content (AvgIpc) is 3.02. The van der Waals surface area contributed by atoms with Crippen molar-refractivity contribution in [3.05, 3.63) is 29.0 Å². The molecule has 2 aliphatic rings. The fourth-order valence-electron chi connectivity index (χ4n) is 3.34. The molecule has 0 bridgehead atoms. The highest BCUT2D eigenvalue weighted by Gasteiger charge is 2.33. The van der Waals surface area contributed by atoms with Gasteiger partial charge in [0.1, 0.15) is 5.82 Å². The third-order valence-corrected chi connectivity index (χ3v) is 4.66. The van der Waals surface area contributed by atoms with Gasteiger partial charge in [-0.2, -0.15) is 0 Å². The number of hydrogen-bond acceptors (Lipinski definition) is 2. The molecule has 1 aromatic carbocycles. The molecule has 2 N–H and O–H groups in total. The number of imidazole rings is 1. The van der Waals surface area contributed by atoms with E-state index in [-0.39, 0.29) is 0 Å². The van der Waals surface area contributed by atoms with Crippen molar-refractivity contribution in [2.45, 2.75) is 50.1 Å². The molecular weight excluding hydrogens is 258 g/mol. The normalized spacial score (nSPS) is 27.3. The summed E-state index contributed by atoms with van der Waals surface area (Å²) >= 11 is 6.15. The fraction of sp³-hybridized carbons (Fsp3) is 0.533. The first kappa shape index (κ1) is 11.7. The molecule has 0 saturated heterocycles. The van der Waals surface area contributed by atoms with Gasteiger partial charge in [-0.1, -0.05) is 11.6 Å². The van der Waals surface area contributed by atoms with Gasteiger partial charge < -0.3 is 10.3 Å². The maximum Gasteiger partial charge on any atom is 0.113 e. The summed E-state index contributed by atoms with van der Waals surface area (Å²) in [6.45, 7) is 0. The van der Waals surface area contributed by atoms with Gasteiger partial charge in [-0.25, -0.2) is 4.98 Å². The molecule has 19 heavy (non-hydrogen) atoms. The van der Waals surface area contributed by atoms with E-state index in [0.29, 0.717) is 18.0 Å². The second-order valence-electron chi connectivity index (χ2n) is 5.97. The highest BCUT2D eigenvalue weighted by molar-refractivity contribution is 6.31. The van der Waals surface area contributed by atoms with Crippen molar-refractivity contribution in [3.8, 4) is 0 Å². The molecule has 1 heterocycles. The first-order valence-electron chi connectivity index (χ1n) is 7.15. The van der Waals surface area contributed by atoms with Crippen LogP contribution >= 0.6 is 11.6 Å². The van der Waals surface area contributed by atoms with Crippen LogP contribution in [0.15, 0.2) is 18.2 Å². The third-order valence-electron chi connectivity index (χ3n) is 4.43. The van der Waals surface area contributed by atoms with E-state index in [2.05, 4.69) is 10.6 Å². The summed E-state index contributed by atoms with van der Waals surface area (Å²) in [5, 5.41) is 0.795. The minimum absolute atomic E-state index is 0.348. The van der Waals surface area contributed by atoms with Gasteiger partial charge in [0, 0.05) is 23.0 Å². The molecule has 0 radical (unpaired) electrons. The van der Waals surface area contributed by atoms with Crippen molar-refractivity contribution in [1.29, 1.82) is 0 Å². The van der Waals surface area contributed by atoms with E-state index < -0.39 is 0 Å². The Balaban J connectivity index is 1.87. The molecule has 3 nitrogen and oxygen atoms in total. The molecule has 0 spiro atoms. The van der Waals surface area contributed by atoms with Gasteiger partial charge in [-0.15, -0.1) is 0 Å². The van der Waals surface area contributed by atoms with Crippen molar-refractivity contribution in [1.82, 2.24) is 9.55 Å². The lowest BCUT2D eigenvalue weighted by Gasteiger charge is -2.13. The Morgan fingerprint density at radius 1 is 1.21 bits per heavy atom. The van der Waals surface area contributed by atoms with E-state index in [4.69, 9.17) is 22.3 Å². The van der Waals surface area contributed by atoms with Crippen LogP contribution in [-0.4, -0.2) is 15.6 Å². The summed E-state index contributed by atoms with van der Waals surface area (Å²) in [7, 11) is 0. The van der Waals surface area contributed by atoms with Crippen LogP contribution in [0.5, 0.6) is 0 Å². The monoisotopic (exact) mass is 275 g/mol.